The van der Waals surface area contributed by atoms with Crippen LogP contribution < -0.4 is 21.3 Å². The van der Waals surface area contributed by atoms with Crippen molar-refractivity contribution in [2.45, 2.75) is 19.6 Å². The summed E-state index contributed by atoms with van der Waals surface area (Å²) in [7, 11) is 0. The Hall–Kier alpha value is -6.08. The van der Waals surface area contributed by atoms with Gasteiger partial charge in [-0.25, -0.2) is 0 Å². The lowest BCUT2D eigenvalue weighted by atomic mass is 9.35. The Labute approximate surface area is 320 Å². The Morgan fingerprint density at radius 2 is 0.759 bits per heavy atom. The van der Waals surface area contributed by atoms with Gasteiger partial charge >= 0.3 is 0 Å². The van der Waals surface area contributed by atoms with Crippen molar-refractivity contribution in [2.24, 2.45) is 0 Å². The first-order chi connectivity index (χ1) is 26.8. The summed E-state index contributed by atoms with van der Waals surface area (Å²) in [4.78, 5) is 7.82. The predicted molar refractivity (Wildman–Crippen MR) is 229 cm³/mol. The standard InChI is InChI=1S/C48H28BN3S2/c1-2-13-29(14-3-1)49-36-25-30(50-38-19-8-4-15-32(38)33-16-5-9-20-39(33)50)27-44-46(36)52-47-37(49)26-31(28-45(47)54-43-24-12-23-42(53-44)48(43)52)51-40-21-10-6-17-34(40)35-18-7-11-22-41(35)51/h1-28H. The lowest BCUT2D eigenvalue weighted by molar-refractivity contribution is 1.07. The fourth-order valence-electron chi connectivity index (χ4n) is 9.59. The summed E-state index contributed by atoms with van der Waals surface area (Å²) in [5, 5.41) is 5.11. The molecule has 0 fully saturated rings. The van der Waals surface area contributed by atoms with Gasteiger partial charge in [0.25, 0.3) is 0 Å². The normalized spacial score (nSPS) is 13.7. The minimum absolute atomic E-state index is 0.0269. The Morgan fingerprint density at radius 3 is 1.20 bits per heavy atom. The molecule has 250 valence electrons. The fourth-order valence-corrected chi connectivity index (χ4v) is 12.0. The summed E-state index contributed by atoms with van der Waals surface area (Å²) in [6, 6.07) is 63.3. The number of benzene rings is 8. The van der Waals surface area contributed by atoms with Crippen LogP contribution in [-0.4, -0.2) is 15.8 Å². The van der Waals surface area contributed by atoms with Crippen LogP contribution in [0.2, 0.25) is 0 Å². The van der Waals surface area contributed by atoms with Gasteiger partial charge in [0.05, 0.1) is 39.1 Å². The SMILES string of the molecule is c1ccc(B2c3cc(-n4c5ccccc5c5ccccc54)cc4c3N3c5c(cccc5Sc5cc(-n6c7ccccc7c7ccccc76)cc2c53)S4)cc1. The highest BCUT2D eigenvalue weighted by Gasteiger charge is 2.44. The molecule has 3 aliphatic heterocycles. The molecule has 2 aromatic heterocycles. The Bertz CT molecular complexity index is 2950. The van der Waals surface area contributed by atoms with E-state index in [1.165, 1.54) is 108 Å². The average Bonchev–Trinajstić information content (AvgIpc) is 3.74. The first-order valence-corrected chi connectivity index (χ1v) is 20.1. The van der Waals surface area contributed by atoms with Gasteiger partial charge in [0.15, 0.2) is 0 Å². The Kier molecular flexibility index (Phi) is 5.85. The van der Waals surface area contributed by atoms with E-state index >= 15 is 0 Å². The molecular formula is C48H28BN3S2. The maximum absolute atomic E-state index is 2.62. The number of hydrogen-bond donors (Lipinski definition) is 0. The highest BCUT2D eigenvalue weighted by Crippen LogP contribution is 2.61. The molecule has 0 amide bonds. The van der Waals surface area contributed by atoms with Crippen LogP contribution in [0.25, 0.3) is 55.0 Å². The van der Waals surface area contributed by atoms with Crippen molar-refractivity contribution in [3.05, 3.63) is 170 Å². The molecule has 3 aliphatic rings. The van der Waals surface area contributed by atoms with Crippen LogP contribution in [0.5, 0.6) is 0 Å². The first-order valence-electron chi connectivity index (χ1n) is 18.5. The van der Waals surface area contributed by atoms with Gasteiger partial charge in [-0.15, -0.1) is 0 Å². The van der Waals surface area contributed by atoms with Crippen LogP contribution in [0, 0.1) is 0 Å². The predicted octanol–water partition coefficient (Wildman–Crippen LogP) is 11.1. The van der Waals surface area contributed by atoms with Crippen molar-refractivity contribution in [3.63, 3.8) is 0 Å². The summed E-state index contributed by atoms with van der Waals surface area (Å²) in [5.41, 5.74) is 15.2. The zero-order valence-electron chi connectivity index (χ0n) is 28.9. The quantitative estimate of drug-likeness (QED) is 0.169. The zero-order chi connectivity index (χ0) is 35.1. The van der Waals surface area contributed by atoms with Crippen molar-refractivity contribution in [2.75, 3.05) is 4.90 Å². The second kappa shape index (κ2) is 10.8. The van der Waals surface area contributed by atoms with E-state index in [2.05, 4.69) is 184 Å². The number of aromatic nitrogens is 2. The summed E-state index contributed by atoms with van der Waals surface area (Å²) < 4.78 is 4.97. The summed E-state index contributed by atoms with van der Waals surface area (Å²) >= 11 is 3.84. The van der Waals surface area contributed by atoms with Gasteiger partial charge in [0.2, 0.25) is 6.71 Å². The maximum atomic E-state index is 2.62. The molecule has 0 aliphatic carbocycles. The molecule has 0 bridgehead atoms. The van der Waals surface area contributed by atoms with Crippen LogP contribution in [0.1, 0.15) is 0 Å². The smallest absolute Gasteiger partial charge is 0.246 e. The van der Waals surface area contributed by atoms with E-state index < -0.39 is 0 Å². The number of anilines is 3. The third-order valence-corrected chi connectivity index (χ3v) is 13.8. The van der Waals surface area contributed by atoms with Crippen molar-refractivity contribution in [3.8, 4) is 11.4 Å². The van der Waals surface area contributed by atoms with Crippen molar-refractivity contribution < 1.29 is 0 Å². The van der Waals surface area contributed by atoms with Crippen LogP contribution in [-0.2, 0) is 0 Å². The minimum atomic E-state index is 0.0269. The molecule has 0 atom stereocenters. The van der Waals surface area contributed by atoms with Crippen LogP contribution in [0.4, 0.5) is 17.1 Å². The van der Waals surface area contributed by atoms with Gasteiger partial charge in [-0.3, -0.25) is 0 Å². The molecule has 0 unspecified atom stereocenters. The van der Waals surface area contributed by atoms with E-state index in [9.17, 15) is 0 Å². The lowest BCUT2D eigenvalue weighted by Gasteiger charge is -2.45. The first kappa shape index (κ1) is 29.4. The van der Waals surface area contributed by atoms with Gasteiger partial charge in [0.1, 0.15) is 0 Å². The molecule has 0 N–H and O–H groups in total. The van der Waals surface area contributed by atoms with E-state index in [4.69, 9.17) is 0 Å². The van der Waals surface area contributed by atoms with E-state index in [-0.39, 0.29) is 6.71 Å². The second-order valence-corrected chi connectivity index (χ2v) is 16.7. The summed E-state index contributed by atoms with van der Waals surface area (Å²) in [5.74, 6) is 0. The maximum Gasteiger partial charge on any atom is 0.246 e. The zero-order valence-corrected chi connectivity index (χ0v) is 30.5. The summed E-state index contributed by atoms with van der Waals surface area (Å²) in [6.45, 7) is 0.0269. The third-order valence-electron chi connectivity index (χ3n) is 11.7. The second-order valence-electron chi connectivity index (χ2n) is 14.5. The van der Waals surface area contributed by atoms with Crippen molar-refractivity contribution in [1.29, 1.82) is 0 Å². The van der Waals surface area contributed by atoms with Crippen molar-refractivity contribution in [1.82, 2.24) is 9.13 Å². The van der Waals surface area contributed by atoms with Gasteiger partial charge in [-0.2, -0.15) is 0 Å². The monoisotopic (exact) mass is 721 g/mol. The van der Waals surface area contributed by atoms with Crippen LogP contribution in [0.3, 0.4) is 0 Å². The third kappa shape index (κ3) is 3.81. The highest BCUT2D eigenvalue weighted by molar-refractivity contribution is 8.00. The number of hydrogen-bond acceptors (Lipinski definition) is 3. The number of rotatable bonds is 3. The lowest BCUT2D eigenvalue weighted by Crippen LogP contribution is -2.58. The largest absolute Gasteiger partial charge is 0.309 e. The Balaban J connectivity index is 1.16. The molecule has 13 rings (SSSR count). The van der Waals surface area contributed by atoms with Crippen LogP contribution >= 0.6 is 23.5 Å². The number of nitrogens with zero attached hydrogens (tertiary/aromatic N) is 3. The minimum Gasteiger partial charge on any atom is -0.309 e. The van der Waals surface area contributed by atoms with Gasteiger partial charge in [-0.05, 0) is 71.6 Å². The number of para-hydroxylation sites is 5. The van der Waals surface area contributed by atoms with Gasteiger partial charge in [0, 0.05) is 52.5 Å². The Morgan fingerprint density at radius 1 is 0.352 bits per heavy atom. The van der Waals surface area contributed by atoms with E-state index in [1.54, 1.807) is 0 Å². The van der Waals surface area contributed by atoms with Crippen LogP contribution in [0.15, 0.2) is 189 Å². The molecular weight excluding hydrogens is 693 g/mol. The fraction of sp³-hybridized carbons (Fsp3) is 0. The number of fused-ring (bicyclic) bond motifs is 6. The van der Waals surface area contributed by atoms with E-state index in [1.807, 2.05) is 23.5 Å². The average molecular weight is 722 g/mol. The highest BCUT2D eigenvalue weighted by atomic mass is 32.2. The molecule has 0 radical (unpaired) electrons. The molecule has 5 heterocycles. The molecule has 54 heavy (non-hydrogen) atoms. The molecule has 0 saturated heterocycles. The van der Waals surface area contributed by atoms with E-state index in [0.29, 0.717) is 0 Å². The van der Waals surface area contributed by atoms with Crippen molar-refractivity contribution >= 4 is 107 Å². The summed E-state index contributed by atoms with van der Waals surface area (Å²) in [6.07, 6.45) is 0. The molecule has 8 aromatic carbocycles. The van der Waals surface area contributed by atoms with E-state index in [0.717, 1.165) is 0 Å². The molecule has 0 saturated carbocycles. The topological polar surface area (TPSA) is 13.1 Å². The molecule has 6 heteroatoms. The molecule has 10 aromatic rings. The molecule has 0 spiro atoms. The molecule has 3 nitrogen and oxygen atoms in total. The van der Waals surface area contributed by atoms with Gasteiger partial charge in [-0.1, -0.05) is 138 Å². The van der Waals surface area contributed by atoms with Gasteiger partial charge < -0.3 is 14.0 Å².